The van der Waals surface area contributed by atoms with Crippen LogP contribution >= 0.6 is 0 Å². The molecule has 0 aromatic heterocycles. The molecule has 0 bridgehead atoms. The van der Waals surface area contributed by atoms with Gasteiger partial charge in [0.25, 0.3) is 0 Å². The Morgan fingerprint density at radius 3 is 2.69 bits per heavy atom. The predicted molar refractivity (Wildman–Crippen MR) is 108 cm³/mol. The van der Waals surface area contributed by atoms with Crippen LogP contribution in [0.2, 0.25) is 0 Å². The zero-order valence-electron chi connectivity index (χ0n) is 16.9. The molecule has 0 heterocycles. The monoisotopic (exact) mass is 430 g/mol. The number of carbonyl (C=O) groups excluding carboxylic acids is 1. The summed E-state index contributed by atoms with van der Waals surface area (Å²) in [5.74, 6) is -0.210. The SMILES string of the molecule is CC(NS(=O)(=O)CCCCCCOC(=O)CN)c1ccc(F)c(OCC2CC2)c1. The average molecular weight is 431 g/mol. The molecule has 0 spiro atoms. The highest BCUT2D eigenvalue weighted by atomic mass is 32.2. The molecule has 1 fully saturated rings. The molecular formula is C20H31FN2O5S. The van der Waals surface area contributed by atoms with Gasteiger partial charge >= 0.3 is 5.97 Å². The van der Waals surface area contributed by atoms with Crippen LogP contribution in [0.4, 0.5) is 4.39 Å². The van der Waals surface area contributed by atoms with Crippen LogP contribution in [0.25, 0.3) is 0 Å². The van der Waals surface area contributed by atoms with Gasteiger partial charge in [-0.15, -0.1) is 0 Å². The molecule has 3 N–H and O–H groups in total. The second-order valence-corrected chi connectivity index (χ2v) is 9.31. The van der Waals surface area contributed by atoms with Gasteiger partial charge in [0.1, 0.15) is 0 Å². The lowest BCUT2D eigenvalue weighted by molar-refractivity contribution is -0.142. The second kappa shape index (κ2) is 11.5. The Morgan fingerprint density at radius 2 is 2.00 bits per heavy atom. The van der Waals surface area contributed by atoms with Gasteiger partial charge in [0, 0.05) is 6.04 Å². The minimum atomic E-state index is -3.46. The van der Waals surface area contributed by atoms with E-state index in [1.165, 1.54) is 6.07 Å². The Bertz CT molecular complexity index is 768. The highest BCUT2D eigenvalue weighted by molar-refractivity contribution is 7.89. The second-order valence-electron chi connectivity index (χ2n) is 7.44. The first-order valence-corrected chi connectivity index (χ1v) is 11.7. The summed E-state index contributed by atoms with van der Waals surface area (Å²) in [6.45, 7) is 2.38. The first-order chi connectivity index (χ1) is 13.8. The zero-order valence-corrected chi connectivity index (χ0v) is 17.7. The van der Waals surface area contributed by atoms with Gasteiger partial charge in [-0.2, -0.15) is 0 Å². The van der Waals surface area contributed by atoms with Gasteiger partial charge in [0.15, 0.2) is 11.6 Å². The van der Waals surface area contributed by atoms with Crippen molar-refractivity contribution < 1.29 is 27.1 Å². The van der Waals surface area contributed by atoms with Crippen LogP contribution in [0, 0.1) is 11.7 Å². The largest absolute Gasteiger partial charge is 0.490 e. The van der Waals surface area contributed by atoms with Crippen LogP contribution < -0.4 is 15.2 Å². The number of halogens is 1. The fraction of sp³-hybridized carbons (Fsp3) is 0.650. The van der Waals surface area contributed by atoms with Gasteiger partial charge in [-0.25, -0.2) is 17.5 Å². The van der Waals surface area contributed by atoms with Gasteiger partial charge in [-0.1, -0.05) is 18.9 Å². The van der Waals surface area contributed by atoms with Crippen molar-refractivity contribution in [1.29, 1.82) is 0 Å². The highest BCUT2D eigenvalue weighted by Gasteiger charge is 2.23. The summed E-state index contributed by atoms with van der Waals surface area (Å²) < 4.78 is 51.5. The van der Waals surface area contributed by atoms with Gasteiger partial charge in [-0.05, 0) is 56.2 Å². The number of carbonyl (C=O) groups is 1. The Kier molecular flexibility index (Phi) is 9.32. The van der Waals surface area contributed by atoms with Crippen molar-refractivity contribution in [1.82, 2.24) is 4.72 Å². The van der Waals surface area contributed by atoms with E-state index in [9.17, 15) is 17.6 Å². The summed E-state index contributed by atoms with van der Waals surface area (Å²) in [4.78, 5) is 10.9. The Morgan fingerprint density at radius 1 is 1.28 bits per heavy atom. The maximum Gasteiger partial charge on any atom is 0.319 e. The topological polar surface area (TPSA) is 108 Å². The van der Waals surface area contributed by atoms with Crippen LogP contribution in [-0.2, 0) is 19.6 Å². The summed E-state index contributed by atoms with van der Waals surface area (Å²) >= 11 is 0. The number of nitrogens with one attached hydrogen (secondary N) is 1. The van der Waals surface area contributed by atoms with Crippen LogP contribution in [0.3, 0.4) is 0 Å². The standard InChI is InChI=1S/C20H31FN2O5S/c1-15(17-8-9-18(21)19(12-17)28-14-16-6-7-16)23-29(25,26)11-5-3-2-4-10-27-20(24)13-22/h8-9,12,15-16,23H,2-7,10-11,13-14,22H2,1H3. The maximum atomic E-state index is 13.9. The van der Waals surface area contributed by atoms with Crippen molar-refractivity contribution in [2.75, 3.05) is 25.5 Å². The van der Waals surface area contributed by atoms with Crippen LogP contribution in [-0.4, -0.2) is 39.9 Å². The van der Waals surface area contributed by atoms with Crippen LogP contribution in [0.1, 0.15) is 57.1 Å². The van der Waals surface area contributed by atoms with Crippen molar-refractivity contribution >= 4 is 16.0 Å². The molecule has 0 amide bonds. The molecule has 9 heteroatoms. The number of benzene rings is 1. The average Bonchev–Trinajstić information content (AvgIpc) is 3.50. The number of ether oxygens (including phenoxy) is 2. The predicted octanol–water partition coefficient (Wildman–Crippen LogP) is 2.66. The molecule has 1 unspecified atom stereocenters. The molecule has 1 saturated carbocycles. The molecule has 1 aliphatic rings. The summed E-state index contributed by atoms with van der Waals surface area (Å²) in [6.07, 6.45) is 4.88. The number of hydrogen-bond acceptors (Lipinski definition) is 6. The fourth-order valence-corrected chi connectivity index (χ4v) is 4.16. The minimum Gasteiger partial charge on any atom is -0.490 e. The Hall–Kier alpha value is -1.71. The van der Waals surface area contributed by atoms with E-state index < -0.39 is 27.9 Å². The van der Waals surface area contributed by atoms with E-state index in [1.54, 1.807) is 19.1 Å². The number of nitrogens with two attached hydrogens (primary N) is 1. The molecule has 0 radical (unpaired) electrons. The zero-order chi connectivity index (χ0) is 21.3. The summed E-state index contributed by atoms with van der Waals surface area (Å²) in [5.41, 5.74) is 5.79. The molecule has 0 saturated heterocycles. The van der Waals surface area contributed by atoms with E-state index in [0.717, 1.165) is 19.3 Å². The fourth-order valence-electron chi connectivity index (χ4n) is 2.78. The van der Waals surface area contributed by atoms with E-state index in [4.69, 9.17) is 15.2 Å². The van der Waals surface area contributed by atoms with Crippen molar-refractivity contribution in [3.63, 3.8) is 0 Å². The van der Waals surface area contributed by atoms with Crippen molar-refractivity contribution in [2.45, 2.75) is 51.5 Å². The van der Waals surface area contributed by atoms with E-state index >= 15 is 0 Å². The van der Waals surface area contributed by atoms with Crippen LogP contribution in [0.5, 0.6) is 5.75 Å². The molecule has 0 aliphatic heterocycles. The molecular weight excluding hydrogens is 399 g/mol. The third-order valence-corrected chi connectivity index (χ3v) is 6.26. The van der Waals surface area contributed by atoms with Crippen molar-refractivity contribution in [3.8, 4) is 5.75 Å². The van der Waals surface area contributed by atoms with Gasteiger partial charge in [0.2, 0.25) is 10.0 Å². The van der Waals surface area contributed by atoms with E-state index in [0.29, 0.717) is 44.0 Å². The third kappa shape index (κ3) is 9.10. The van der Waals surface area contributed by atoms with E-state index in [2.05, 4.69) is 4.72 Å². The normalized spacial score (nSPS) is 15.1. The smallest absolute Gasteiger partial charge is 0.319 e. The molecule has 164 valence electrons. The molecule has 1 aromatic rings. The van der Waals surface area contributed by atoms with Crippen molar-refractivity contribution in [2.24, 2.45) is 11.7 Å². The minimum absolute atomic E-state index is 0.00611. The van der Waals surface area contributed by atoms with Gasteiger partial charge in [0.05, 0.1) is 25.5 Å². The number of unbranched alkanes of at least 4 members (excludes halogenated alkanes) is 3. The molecule has 1 aliphatic carbocycles. The molecule has 1 atom stereocenters. The highest BCUT2D eigenvalue weighted by Crippen LogP contribution is 2.31. The lowest BCUT2D eigenvalue weighted by atomic mass is 10.1. The summed E-state index contributed by atoms with van der Waals surface area (Å²) in [6, 6.07) is 3.95. The quantitative estimate of drug-likeness (QED) is 0.347. The summed E-state index contributed by atoms with van der Waals surface area (Å²) in [7, 11) is -3.46. The van der Waals surface area contributed by atoms with Gasteiger partial charge in [-0.3, -0.25) is 4.79 Å². The Labute approximate surface area is 172 Å². The summed E-state index contributed by atoms with van der Waals surface area (Å²) in [5, 5.41) is 0. The lowest BCUT2D eigenvalue weighted by Gasteiger charge is -2.16. The van der Waals surface area contributed by atoms with E-state index in [-0.39, 0.29) is 18.0 Å². The van der Waals surface area contributed by atoms with Crippen molar-refractivity contribution in [3.05, 3.63) is 29.6 Å². The number of hydrogen-bond donors (Lipinski definition) is 2. The number of sulfonamides is 1. The van der Waals surface area contributed by atoms with E-state index in [1.807, 2.05) is 0 Å². The number of esters is 1. The Balaban J connectivity index is 1.73. The first kappa shape index (κ1) is 23.6. The first-order valence-electron chi connectivity index (χ1n) is 10.1. The third-order valence-electron chi connectivity index (χ3n) is 4.72. The maximum absolute atomic E-state index is 13.9. The molecule has 2 rings (SSSR count). The van der Waals surface area contributed by atoms with Crippen LogP contribution in [0.15, 0.2) is 18.2 Å². The molecule has 29 heavy (non-hydrogen) atoms. The molecule has 7 nitrogen and oxygen atoms in total. The molecule has 1 aromatic carbocycles. The van der Waals surface area contributed by atoms with Gasteiger partial charge < -0.3 is 15.2 Å². The number of rotatable bonds is 14. The lowest BCUT2D eigenvalue weighted by Crippen LogP contribution is -2.29.